The lowest BCUT2D eigenvalue weighted by atomic mass is 10.1. The van der Waals surface area contributed by atoms with Gasteiger partial charge in [-0.3, -0.25) is 0 Å². The second-order valence-electron chi connectivity index (χ2n) is 7.06. The van der Waals surface area contributed by atoms with Crippen LogP contribution in [0.15, 0.2) is 18.2 Å². The van der Waals surface area contributed by atoms with Gasteiger partial charge in [-0.2, -0.15) is 13.2 Å². The molecule has 8 heteroatoms. The van der Waals surface area contributed by atoms with E-state index in [1.807, 2.05) is 0 Å². The minimum atomic E-state index is -4.47. The minimum Gasteiger partial charge on any atom is -0.486 e. The second-order valence-corrected chi connectivity index (χ2v) is 7.06. The van der Waals surface area contributed by atoms with Gasteiger partial charge in [0, 0.05) is 6.54 Å². The molecule has 1 aliphatic heterocycles. The molecule has 1 fully saturated rings. The van der Waals surface area contributed by atoms with Crippen molar-refractivity contribution in [1.29, 1.82) is 0 Å². The third-order valence-electron chi connectivity index (χ3n) is 3.66. The van der Waals surface area contributed by atoms with E-state index >= 15 is 0 Å². The Kier molecular flexibility index (Phi) is 5.39. The monoisotopic (exact) mass is 360 g/mol. The summed E-state index contributed by atoms with van der Waals surface area (Å²) in [6, 6.07) is 2.98. The van der Waals surface area contributed by atoms with Crippen LogP contribution in [0.1, 0.15) is 39.2 Å². The third kappa shape index (κ3) is 5.44. The number of ether oxygens (including phenoxy) is 2. The number of likely N-dealkylation sites (tertiary alicyclic amines) is 1. The molecule has 0 aromatic heterocycles. The molecule has 0 radical (unpaired) electrons. The normalized spacial score (nSPS) is 18.8. The van der Waals surface area contributed by atoms with Crippen molar-refractivity contribution in [2.75, 3.05) is 18.8 Å². The van der Waals surface area contributed by atoms with Gasteiger partial charge in [0.2, 0.25) is 0 Å². The highest BCUT2D eigenvalue weighted by Gasteiger charge is 2.32. The Morgan fingerprint density at radius 3 is 2.56 bits per heavy atom. The SMILES string of the molecule is CC(C)(C)OC(=O)N1CCCC(Oc2cc(C(F)(F)F)ccc2N)C1. The number of nitrogens with zero attached hydrogens (tertiary/aromatic N) is 1. The van der Waals surface area contributed by atoms with E-state index in [-0.39, 0.29) is 18.0 Å². The quantitative estimate of drug-likeness (QED) is 0.808. The van der Waals surface area contributed by atoms with Crippen LogP contribution in [0.4, 0.5) is 23.7 Å². The Labute approximate surface area is 144 Å². The number of rotatable bonds is 2. The van der Waals surface area contributed by atoms with Gasteiger partial charge >= 0.3 is 12.3 Å². The van der Waals surface area contributed by atoms with E-state index in [1.165, 1.54) is 11.0 Å². The summed E-state index contributed by atoms with van der Waals surface area (Å²) in [7, 11) is 0. The predicted molar refractivity (Wildman–Crippen MR) is 87.3 cm³/mol. The highest BCUT2D eigenvalue weighted by molar-refractivity contribution is 5.68. The standard InChI is InChI=1S/C17H23F3N2O3/c1-16(2,3)25-15(23)22-8-4-5-12(10-22)24-14-9-11(17(18,19)20)6-7-13(14)21/h6-7,9,12H,4-5,8,10,21H2,1-3H3. The van der Waals surface area contributed by atoms with Crippen LogP contribution in [0.3, 0.4) is 0 Å². The fourth-order valence-corrected chi connectivity index (χ4v) is 2.52. The topological polar surface area (TPSA) is 64.8 Å². The molecular weight excluding hydrogens is 337 g/mol. The molecule has 1 atom stereocenters. The Hall–Kier alpha value is -2.12. The third-order valence-corrected chi connectivity index (χ3v) is 3.66. The van der Waals surface area contributed by atoms with Crippen LogP contribution in [-0.2, 0) is 10.9 Å². The van der Waals surface area contributed by atoms with Crippen LogP contribution in [-0.4, -0.2) is 35.8 Å². The van der Waals surface area contributed by atoms with Crippen molar-refractivity contribution in [1.82, 2.24) is 4.90 Å². The number of benzene rings is 1. The number of carbonyl (C=O) groups is 1. The van der Waals surface area contributed by atoms with Crippen molar-refractivity contribution in [3.63, 3.8) is 0 Å². The predicted octanol–water partition coefficient (Wildman–Crippen LogP) is 4.07. The minimum absolute atomic E-state index is 0.0223. The molecule has 1 heterocycles. The van der Waals surface area contributed by atoms with Gasteiger partial charge in [0.25, 0.3) is 0 Å². The number of alkyl halides is 3. The van der Waals surface area contributed by atoms with Crippen LogP contribution in [0.5, 0.6) is 5.75 Å². The van der Waals surface area contributed by atoms with Gasteiger partial charge in [0.15, 0.2) is 0 Å². The fraction of sp³-hybridized carbons (Fsp3) is 0.588. The van der Waals surface area contributed by atoms with E-state index in [0.29, 0.717) is 19.4 Å². The van der Waals surface area contributed by atoms with Crippen LogP contribution < -0.4 is 10.5 Å². The first kappa shape index (κ1) is 19.2. The number of hydrogen-bond acceptors (Lipinski definition) is 4. The number of nitrogen functional groups attached to an aromatic ring is 1. The maximum atomic E-state index is 12.8. The first-order valence-corrected chi connectivity index (χ1v) is 8.07. The average Bonchev–Trinajstić information content (AvgIpc) is 2.47. The molecule has 1 aliphatic rings. The van der Waals surface area contributed by atoms with Gasteiger partial charge in [-0.05, 0) is 51.8 Å². The van der Waals surface area contributed by atoms with Crippen molar-refractivity contribution in [3.05, 3.63) is 23.8 Å². The van der Waals surface area contributed by atoms with Crippen LogP contribution in [0, 0.1) is 0 Å². The van der Waals surface area contributed by atoms with Crippen molar-refractivity contribution in [3.8, 4) is 5.75 Å². The van der Waals surface area contributed by atoms with Crippen molar-refractivity contribution in [2.24, 2.45) is 0 Å². The van der Waals surface area contributed by atoms with E-state index in [1.54, 1.807) is 20.8 Å². The zero-order valence-electron chi connectivity index (χ0n) is 14.5. The summed E-state index contributed by atoms with van der Waals surface area (Å²) in [5, 5.41) is 0. The Bertz CT molecular complexity index is 627. The summed E-state index contributed by atoms with van der Waals surface area (Å²) in [5.41, 5.74) is 4.42. The van der Waals surface area contributed by atoms with Gasteiger partial charge in [0.05, 0.1) is 17.8 Å². The van der Waals surface area contributed by atoms with Crippen LogP contribution >= 0.6 is 0 Å². The molecule has 2 rings (SSSR count). The molecular formula is C17H23F3N2O3. The lowest BCUT2D eigenvalue weighted by Crippen LogP contribution is -2.46. The molecule has 1 unspecified atom stereocenters. The molecule has 2 N–H and O–H groups in total. The van der Waals surface area contributed by atoms with Gasteiger partial charge < -0.3 is 20.1 Å². The van der Waals surface area contributed by atoms with E-state index in [4.69, 9.17) is 15.2 Å². The van der Waals surface area contributed by atoms with E-state index in [2.05, 4.69) is 0 Å². The van der Waals surface area contributed by atoms with Crippen molar-refractivity contribution in [2.45, 2.75) is 51.5 Å². The molecule has 1 aromatic carbocycles. The highest BCUT2D eigenvalue weighted by atomic mass is 19.4. The number of hydrogen-bond donors (Lipinski definition) is 1. The zero-order chi connectivity index (χ0) is 18.8. The van der Waals surface area contributed by atoms with Crippen molar-refractivity contribution < 1.29 is 27.4 Å². The number of halogens is 3. The molecule has 0 spiro atoms. The molecule has 0 aliphatic carbocycles. The summed E-state index contributed by atoms with van der Waals surface area (Å²) < 4.78 is 49.5. The van der Waals surface area contributed by atoms with Gasteiger partial charge in [-0.15, -0.1) is 0 Å². The fourth-order valence-electron chi connectivity index (χ4n) is 2.52. The maximum Gasteiger partial charge on any atom is 0.416 e. The summed E-state index contributed by atoms with van der Waals surface area (Å²) in [6.07, 6.45) is -4.08. The van der Waals surface area contributed by atoms with Crippen LogP contribution in [0.2, 0.25) is 0 Å². The van der Waals surface area contributed by atoms with E-state index in [9.17, 15) is 18.0 Å². The highest BCUT2D eigenvalue weighted by Crippen LogP contribution is 2.35. The second kappa shape index (κ2) is 7.01. The lowest BCUT2D eigenvalue weighted by molar-refractivity contribution is -0.137. The average molecular weight is 360 g/mol. The molecule has 0 bridgehead atoms. The van der Waals surface area contributed by atoms with Gasteiger partial charge in [0.1, 0.15) is 17.5 Å². The molecule has 1 aromatic rings. The largest absolute Gasteiger partial charge is 0.486 e. The summed E-state index contributed by atoms with van der Waals surface area (Å²) in [5.74, 6) is -0.0223. The van der Waals surface area contributed by atoms with E-state index in [0.717, 1.165) is 12.1 Å². The first-order chi connectivity index (χ1) is 11.5. The molecule has 25 heavy (non-hydrogen) atoms. The van der Waals surface area contributed by atoms with E-state index < -0.39 is 29.5 Å². The number of piperidine rings is 1. The first-order valence-electron chi connectivity index (χ1n) is 8.07. The number of nitrogens with two attached hydrogens (primary N) is 1. The number of carbonyl (C=O) groups excluding carboxylic acids is 1. The van der Waals surface area contributed by atoms with Gasteiger partial charge in [-0.1, -0.05) is 0 Å². The lowest BCUT2D eigenvalue weighted by Gasteiger charge is -2.34. The van der Waals surface area contributed by atoms with Crippen LogP contribution in [0.25, 0.3) is 0 Å². The Balaban J connectivity index is 2.07. The smallest absolute Gasteiger partial charge is 0.416 e. The van der Waals surface area contributed by atoms with Gasteiger partial charge in [-0.25, -0.2) is 4.79 Å². The summed E-state index contributed by atoms with van der Waals surface area (Å²) in [6.45, 7) is 6.07. The molecule has 5 nitrogen and oxygen atoms in total. The number of amides is 1. The Morgan fingerprint density at radius 2 is 1.96 bits per heavy atom. The summed E-state index contributed by atoms with van der Waals surface area (Å²) in [4.78, 5) is 13.6. The van der Waals surface area contributed by atoms with Crippen molar-refractivity contribution >= 4 is 11.8 Å². The molecule has 1 amide bonds. The molecule has 140 valence electrons. The number of anilines is 1. The maximum absolute atomic E-state index is 12.8. The molecule has 1 saturated heterocycles. The summed E-state index contributed by atoms with van der Waals surface area (Å²) >= 11 is 0. The zero-order valence-corrected chi connectivity index (χ0v) is 14.5. The Morgan fingerprint density at radius 1 is 1.28 bits per heavy atom. The molecule has 0 saturated carbocycles.